The van der Waals surface area contributed by atoms with Gasteiger partial charge in [-0.15, -0.1) is 12.4 Å². The summed E-state index contributed by atoms with van der Waals surface area (Å²) in [7, 11) is 0. The maximum absolute atomic E-state index is 3.98. The van der Waals surface area contributed by atoms with Crippen molar-refractivity contribution >= 4 is 0 Å². The van der Waals surface area contributed by atoms with Gasteiger partial charge in [-0.05, 0) is 18.3 Å². The summed E-state index contributed by atoms with van der Waals surface area (Å²) >= 11 is 0. The monoisotopic (exact) mass is 192 g/mol. The summed E-state index contributed by atoms with van der Waals surface area (Å²) in [6, 6.07) is 0. The van der Waals surface area contributed by atoms with Gasteiger partial charge in [-0.2, -0.15) is 0 Å². The number of aryl methyl sites for hydroxylation is 1. The van der Waals surface area contributed by atoms with Crippen LogP contribution in [0.3, 0.4) is 0 Å². The van der Waals surface area contributed by atoms with Crippen LogP contribution in [0.1, 0.15) is 12.6 Å². The molecule has 0 spiro atoms. The molecule has 0 saturated heterocycles. The summed E-state index contributed by atoms with van der Waals surface area (Å²) in [5.74, 6) is 0. The Labute approximate surface area is 104 Å². The van der Waals surface area contributed by atoms with Crippen LogP contribution in [0.2, 0.25) is 0 Å². The van der Waals surface area contributed by atoms with Crippen molar-refractivity contribution in [1.29, 1.82) is 0 Å². The number of hydrogen-bond acceptors (Lipinski definition) is 2. The van der Waals surface area contributed by atoms with Gasteiger partial charge in [0.2, 0.25) is 0 Å². The number of hydrogen-bond donors (Lipinski definition) is 0. The predicted molar refractivity (Wildman–Crippen MR) is 30.2 cm³/mol. The fourth-order valence-corrected chi connectivity index (χ4v) is 0.473. The molecule has 3 heteroatoms. The second kappa shape index (κ2) is 5.65. The van der Waals surface area contributed by atoms with Gasteiger partial charge in [0.05, 0.1) is 0 Å². The Balaban J connectivity index is 0.000000640. The summed E-state index contributed by atoms with van der Waals surface area (Å²) in [5, 5.41) is 0. The molecule has 1 aromatic rings. The van der Waals surface area contributed by atoms with Crippen LogP contribution in [-0.2, 0) is 6.42 Å². The van der Waals surface area contributed by atoms with Crippen molar-refractivity contribution in [2.24, 2.45) is 0 Å². The van der Waals surface area contributed by atoms with Crippen LogP contribution in [0.25, 0.3) is 0 Å². The van der Waals surface area contributed by atoms with Gasteiger partial charge in [-0.1, -0.05) is 6.92 Å². The van der Waals surface area contributed by atoms with Crippen molar-refractivity contribution in [3.8, 4) is 0 Å². The predicted octanol–water partition coefficient (Wildman–Crippen LogP) is -2.16. The molecule has 0 aliphatic heterocycles. The van der Waals surface area contributed by atoms with E-state index >= 15 is 0 Å². The summed E-state index contributed by atoms with van der Waals surface area (Å²) < 4.78 is 0. The fourth-order valence-electron chi connectivity index (χ4n) is 0.473. The second-order valence-electron chi connectivity index (χ2n) is 1.49. The van der Waals surface area contributed by atoms with E-state index in [4.69, 9.17) is 0 Å². The van der Waals surface area contributed by atoms with Crippen LogP contribution in [0.5, 0.6) is 0 Å². The van der Waals surface area contributed by atoms with E-state index in [-0.39, 0.29) is 58.2 Å². The second-order valence-corrected chi connectivity index (χ2v) is 1.49. The van der Waals surface area contributed by atoms with E-state index < -0.39 is 0 Å². The summed E-state index contributed by atoms with van der Waals surface area (Å²) in [6.07, 6.45) is 6.86. The van der Waals surface area contributed by atoms with Crippen molar-refractivity contribution in [3.05, 3.63) is 24.3 Å². The molecule has 42 valence electrons. The minimum atomic E-state index is 0. The van der Waals surface area contributed by atoms with Crippen molar-refractivity contribution < 1.29 is 58.2 Å². The van der Waals surface area contributed by atoms with E-state index in [2.05, 4.69) is 16.2 Å². The first-order chi connectivity index (χ1) is 3.93. The van der Waals surface area contributed by atoms with Crippen LogP contribution in [-0.4, -0.2) is 9.97 Å². The van der Waals surface area contributed by atoms with Gasteiger partial charge < -0.3 is 4.98 Å². The van der Waals surface area contributed by atoms with Crippen molar-refractivity contribution in [2.45, 2.75) is 13.3 Å². The molecule has 0 aromatic carbocycles. The summed E-state index contributed by atoms with van der Waals surface area (Å²) in [4.78, 5) is 7.75. The molecule has 0 bridgehead atoms. The van der Waals surface area contributed by atoms with Crippen LogP contribution >= 0.6 is 0 Å². The molecule has 9 heavy (non-hydrogen) atoms. The SMILES string of the molecule is CCc1cn[c-]cn1.[Rb+]. The molecule has 2 nitrogen and oxygen atoms in total. The third-order valence-corrected chi connectivity index (χ3v) is 0.938. The Kier molecular flexibility index (Phi) is 6.21. The molecule has 0 atom stereocenters. The first-order valence-electron chi connectivity index (χ1n) is 2.60. The molecule has 0 aliphatic rings. The van der Waals surface area contributed by atoms with E-state index in [9.17, 15) is 0 Å². The minimum absolute atomic E-state index is 0. The van der Waals surface area contributed by atoms with E-state index in [1.807, 2.05) is 6.92 Å². The largest absolute Gasteiger partial charge is 1.00 e. The van der Waals surface area contributed by atoms with Gasteiger partial charge in [-0.25, -0.2) is 0 Å². The third-order valence-electron chi connectivity index (χ3n) is 0.938. The average molecular weight is 193 g/mol. The van der Waals surface area contributed by atoms with E-state index in [1.54, 1.807) is 12.4 Å². The van der Waals surface area contributed by atoms with E-state index in [0.29, 0.717) is 0 Å². The molecule has 0 N–H and O–H groups in total. The fraction of sp³-hybridized carbons (Fsp3) is 0.333. The maximum atomic E-state index is 3.98. The molecule has 1 rings (SSSR count). The average Bonchev–Trinajstić information content (AvgIpc) is 1.90. The molecule has 0 amide bonds. The summed E-state index contributed by atoms with van der Waals surface area (Å²) in [6.45, 7) is 2.05. The number of rotatable bonds is 1. The number of nitrogens with zero attached hydrogens (tertiary/aromatic N) is 2. The van der Waals surface area contributed by atoms with E-state index in [0.717, 1.165) is 12.1 Å². The minimum Gasteiger partial charge on any atom is -0.456 e. The zero-order chi connectivity index (χ0) is 5.82. The van der Waals surface area contributed by atoms with Gasteiger partial charge in [-0.3, -0.25) is 4.98 Å². The molecule has 0 unspecified atom stereocenters. The summed E-state index contributed by atoms with van der Waals surface area (Å²) in [5.41, 5.74) is 1.02. The Bertz CT molecular complexity index is 152. The van der Waals surface area contributed by atoms with Crippen LogP contribution in [0, 0.1) is 6.20 Å². The van der Waals surface area contributed by atoms with Gasteiger partial charge in [0.15, 0.2) is 0 Å². The molecule has 0 aliphatic carbocycles. The first kappa shape index (κ1) is 9.89. The van der Waals surface area contributed by atoms with Crippen molar-refractivity contribution in [3.63, 3.8) is 0 Å². The normalized spacial score (nSPS) is 8.11. The molecular formula is C6H7N2Rb. The molecule has 0 saturated carbocycles. The van der Waals surface area contributed by atoms with Crippen LogP contribution < -0.4 is 58.2 Å². The standard InChI is InChI=1S/C6H7N2.Rb/c1-2-6-5-7-3-4-8-6;/h4-5H,2H2,1H3;/q-1;+1. The smallest absolute Gasteiger partial charge is 0.456 e. The Morgan fingerprint density at radius 2 is 2.44 bits per heavy atom. The van der Waals surface area contributed by atoms with Crippen LogP contribution in [0.15, 0.2) is 12.4 Å². The molecule has 1 heterocycles. The van der Waals surface area contributed by atoms with Crippen LogP contribution in [0.4, 0.5) is 0 Å². The first-order valence-corrected chi connectivity index (χ1v) is 2.60. The van der Waals surface area contributed by atoms with Gasteiger partial charge in [0.1, 0.15) is 0 Å². The topological polar surface area (TPSA) is 25.8 Å². The number of aromatic nitrogens is 2. The molecule has 1 aromatic heterocycles. The quantitative estimate of drug-likeness (QED) is 0.474. The maximum Gasteiger partial charge on any atom is 1.00 e. The molecular weight excluding hydrogens is 186 g/mol. The Morgan fingerprint density at radius 1 is 1.67 bits per heavy atom. The Morgan fingerprint density at radius 3 is 2.78 bits per heavy atom. The van der Waals surface area contributed by atoms with E-state index in [1.165, 1.54) is 0 Å². The molecule has 0 fully saturated rings. The zero-order valence-electron chi connectivity index (χ0n) is 5.76. The zero-order valence-corrected chi connectivity index (χ0v) is 10.7. The van der Waals surface area contributed by atoms with Gasteiger partial charge >= 0.3 is 58.2 Å². The van der Waals surface area contributed by atoms with Crippen molar-refractivity contribution in [1.82, 2.24) is 9.97 Å². The Hall–Kier alpha value is 0.885. The third kappa shape index (κ3) is 3.55. The van der Waals surface area contributed by atoms with Gasteiger partial charge in [0, 0.05) is 0 Å². The molecule has 0 radical (unpaired) electrons. The van der Waals surface area contributed by atoms with Crippen molar-refractivity contribution in [2.75, 3.05) is 0 Å². The van der Waals surface area contributed by atoms with Gasteiger partial charge in [0.25, 0.3) is 0 Å².